The third kappa shape index (κ3) is 3.04. The standard InChI is InChI=1S/C26H24FN3O/c1-16-5-11-20-18(13-16)8-12-21-26(14-28,15-29)22(17-6-9-19(27)10-7-17)23(30(20)21)24(31)25(2,3)4/h5-13,21-23H,1-4H3/t21-,22-,23+/m1/s1. The number of halogens is 1. The van der Waals surface area contributed by atoms with Crippen LogP contribution in [0.15, 0.2) is 48.5 Å². The topological polar surface area (TPSA) is 67.9 Å². The molecule has 156 valence electrons. The van der Waals surface area contributed by atoms with Gasteiger partial charge in [-0.15, -0.1) is 0 Å². The number of hydrogen-bond donors (Lipinski definition) is 0. The fraction of sp³-hybridized carbons (Fsp3) is 0.346. The van der Waals surface area contributed by atoms with Gasteiger partial charge in [0.2, 0.25) is 0 Å². The zero-order valence-corrected chi connectivity index (χ0v) is 18.1. The Labute approximate surface area is 182 Å². The Bertz CT molecular complexity index is 1150. The minimum Gasteiger partial charge on any atom is -0.351 e. The lowest BCUT2D eigenvalue weighted by atomic mass is 9.68. The lowest BCUT2D eigenvalue weighted by Gasteiger charge is -2.37. The van der Waals surface area contributed by atoms with E-state index in [0.717, 1.165) is 16.8 Å². The van der Waals surface area contributed by atoms with Gasteiger partial charge in [-0.1, -0.05) is 56.7 Å². The largest absolute Gasteiger partial charge is 0.351 e. The second-order valence-electron chi connectivity index (χ2n) is 9.45. The van der Waals surface area contributed by atoms with Crippen molar-refractivity contribution < 1.29 is 9.18 Å². The molecule has 0 unspecified atom stereocenters. The van der Waals surface area contributed by atoms with Crippen molar-refractivity contribution in [3.63, 3.8) is 0 Å². The quantitative estimate of drug-likeness (QED) is 0.683. The number of carbonyl (C=O) groups is 1. The van der Waals surface area contributed by atoms with Crippen molar-refractivity contribution >= 4 is 17.5 Å². The summed E-state index contributed by atoms with van der Waals surface area (Å²) in [5.74, 6) is -1.18. The number of fused-ring (bicyclic) bond motifs is 3. The summed E-state index contributed by atoms with van der Waals surface area (Å²) in [5, 5.41) is 20.6. The average Bonchev–Trinajstić information content (AvgIpc) is 3.03. The maximum Gasteiger partial charge on any atom is 0.176 e. The molecular formula is C26H24FN3O. The van der Waals surface area contributed by atoms with E-state index in [0.29, 0.717) is 5.56 Å². The van der Waals surface area contributed by atoms with Gasteiger partial charge in [-0.05, 0) is 42.3 Å². The van der Waals surface area contributed by atoms with Crippen LogP contribution in [0.25, 0.3) is 6.08 Å². The molecule has 0 bridgehead atoms. The Morgan fingerprint density at radius 3 is 2.32 bits per heavy atom. The zero-order valence-electron chi connectivity index (χ0n) is 18.1. The van der Waals surface area contributed by atoms with E-state index in [-0.39, 0.29) is 5.78 Å². The maximum atomic E-state index is 13.8. The highest BCUT2D eigenvalue weighted by Crippen LogP contribution is 2.56. The lowest BCUT2D eigenvalue weighted by molar-refractivity contribution is -0.127. The van der Waals surface area contributed by atoms with Crippen LogP contribution in [0.1, 0.15) is 43.4 Å². The van der Waals surface area contributed by atoms with Gasteiger partial charge in [-0.3, -0.25) is 4.79 Å². The summed E-state index contributed by atoms with van der Waals surface area (Å²) in [6, 6.07) is 15.0. The molecule has 2 aliphatic heterocycles. The summed E-state index contributed by atoms with van der Waals surface area (Å²) >= 11 is 0. The summed E-state index contributed by atoms with van der Waals surface area (Å²) in [4.78, 5) is 15.8. The predicted molar refractivity (Wildman–Crippen MR) is 118 cm³/mol. The Kier molecular flexibility index (Phi) is 4.74. The fourth-order valence-corrected chi connectivity index (χ4v) is 4.90. The number of benzene rings is 2. The van der Waals surface area contributed by atoms with Gasteiger partial charge in [-0.2, -0.15) is 10.5 Å². The molecule has 0 N–H and O–H groups in total. The van der Waals surface area contributed by atoms with Crippen LogP contribution in [0.2, 0.25) is 0 Å². The number of hydrogen-bond acceptors (Lipinski definition) is 4. The summed E-state index contributed by atoms with van der Waals surface area (Å²) in [5.41, 5.74) is 1.29. The number of ketones is 1. The number of anilines is 1. The van der Waals surface area contributed by atoms with Crippen molar-refractivity contribution in [2.45, 2.75) is 45.7 Å². The average molecular weight is 413 g/mol. The first-order valence-electron chi connectivity index (χ1n) is 10.3. The molecule has 2 aromatic rings. The molecule has 0 amide bonds. The van der Waals surface area contributed by atoms with Crippen molar-refractivity contribution in [1.82, 2.24) is 0 Å². The van der Waals surface area contributed by atoms with Gasteiger partial charge in [0.05, 0.1) is 24.2 Å². The van der Waals surface area contributed by atoms with E-state index in [1.807, 2.05) is 62.9 Å². The van der Waals surface area contributed by atoms with Crippen molar-refractivity contribution in [2.24, 2.45) is 10.8 Å². The van der Waals surface area contributed by atoms with Crippen LogP contribution in [0.5, 0.6) is 0 Å². The number of nitriles is 2. The third-order valence-corrected chi connectivity index (χ3v) is 6.40. The molecule has 0 aliphatic carbocycles. The van der Waals surface area contributed by atoms with E-state index in [4.69, 9.17) is 0 Å². The van der Waals surface area contributed by atoms with Gasteiger partial charge >= 0.3 is 0 Å². The highest BCUT2D eigenvalue weighted by atomic mass is 19.1. The van der Waals surface area contributed by atoms with Gasteiger partial charge in [0.15, 0.2) is 11.2 Å². The van der Waals surface area contributed by atoms with E-state index in [1.54, 1.807) is 12.1 Å². The second kappa shape index (κ2) is 7.06. The van der Waals surface area contributed by atoms with E-state index >= 15 is 0 Å². The van der Waals surface area contributed by atoms with Crippen LogP contribution in [0.4, 0.5) is 10.1 Å². The minimum atomic E-state index is -1.50. The highest BCUT2D eigenvalue weighted by Gasteiger charge is 2.64. The molecular weight excluding hydrogens is 389 g/mol. The molecule has 4 rings (SSSR count). The molecule has 2 heterocycles. The normalized spacial score (nSPS) is 23.5. The maximum absolute atomic E-state index is 13.8. The molecule has 0 saturated carbocycles. The molecule has 4 nitrogen and oxygen atoms in total. The van der Waals surface area contributed by atoms with Crippen LogP contribution >= 0.6 is 0 Å². The number of aryl methyl sites for hydroxylation is 1. The summed E-state index contributed by atoms with van der Waals surface area (Å²) in [7, 11) is 0. The van der Waals surface area contributed by atoms with Crippen LogP contribution in [0.3, 0.4) is 0 Å². The van der Waals surface area contributed by atoms with Crippen LogP contribution < -0.4 is 4.90 Å². The highest BCUT2D eigenvalue weighted by molar-refractivity contribution is 5.96. The number of carbonyl (C=O) groups excluding carboxylic acids is 1. The molecule has 0 radical (unpaired) electrons. The molecule has 31 heavy (non-hydrogen) atoms. The zero-order chi connectivity index (χ0) is 22.6. The Morgan fingerprint density at radius 1 is 1.10 bits per heavy atom. The second-order valence-corrected chi connectivity index (χ2v) is 9.45. The van der Waals surface area contributed by atoms with Gasteiger partial charge < -0.3 is 4.90 Å². The minimum absolute atomic E-state index is 0.0546. The number of Topliss-reactive ketones (excluding diaryl/α,β-unsaturated/α-hetero) is 1. The molecule has 0 aromatic heterocycles. The number of nitrogens with zero attached hydrogens (tertiary/aromatic N) is 3. The van der Waals surface area contributed by atoms with Crippen LogP contribution in [-0.4, -0.2) is 17.9 Å². The third-order valence-electron chi connectivity index (χ3n) is 6.40. The molecule has 2 aromatic carbocycles. The van der Waals surface area contributed by atoms with Gasteiger partial charge in [0.1, 0.15) is 5.82 Å². The van der Waals surface area contributed by atoms with Gasteiger partial charge in [0.25, 0.3) is 0 Å². The van der Waals surface area contributed by atoms with Crippen molar-refractivity contribution in [2.75, 3.05) is 4.90 Å². The molecule has 0 spiro atoms. The Balaban J connectivity index is 2.03. The summed E-state index contributed by atoms with van der Waals surface area (Å²) in [6.45, 7) is 7.54. The van der Waals surface area contributed by atoms with Crippen molar-refractivity contribution in [3.8, 4) is 12.1 Å². The predicted octanol–water partition coefficient (Wildman–Crippen LogP) is 5.15. The molecule has 3 atom stereocenters. The van der Waals surface area contributed by atoms with E-state index in [2.05, 4.69) is 12.1 Å². The molecule has 2 aliphatic rings. The Hall–Kier alpha value is -3.44. The van der Waals surface area contributed by atoms with E-state index in [1.165, 1.54) is 12.1 Å². The smallest absolute Gasteiger partial charge is 0.176 e. The summed E-state index contributed by atoms with van der Waals surface area (Å²) < 4.78 is 13.7. The lowest BCUT2D eigenvalue weighted by Crippen LogP contribution is -2.47. The van der Waals surface area contributed by atoms with Crippen LogP contribution in [0, 0.1) is 46.2 Å². The van der Waals surface area contributed by atoms with Crippen molar-refractivity contribution in [3.05, 3.63) is 71.0 Å². The fourth-order valence-electron chi connectivity index (χ4n) is 4.90. The van der Waals surface area contributed by atoms with E-state index < -0.39 is 34.6 Å². The Morgan fingerprint density at radius 2 is 1.74 bits per heavy atom. The molecule has 1 fully saturated rings. The molecule has 5 heteroatoms. The SMILES string of the molecule is Cc1ccc2c(c1)C=C[C@H]1N2[C@H](C(=O)C(C)(C)C)[C@@H](c2ccc(F)cc2)C1(C#N)C#N. The first kappa shape index (κ1) is 20.8. The first-order chi connectivity index (χ1) is 14.6. The van der Waals surface area contributed by atoms with Crippen LogP contribution in [-0.2, 0) is 4.79 Å². The van der Waals surface area contributed by atoms with Crippen molar-refractivity contribution in [1.29, 1.82) is 10.5 Å². The first-order valence-corrected chi connectivity index (χ1v) is 10.3. The molecule has 1 saturated heterocycles. The summed E-state index contributed by atoms with van der Waals surface area (Å²) in [6.07, 6.45) is 3.79. The van der Waals surface area contributed by atoms with E-state index in [9.17, 15) is 19.7 Å². The van der Waals surface area contributed by atoms with Gasteiger partial charge in [0, 0.05) is 17.0 Å². The van der Waals surface area contributed by atoms with Gasteiger partial charge in [-0.25, -0.2) is 4.39 Å². The number of rotatable bonds is 2. The monoisotopic (exact) mass is 413 g/mol.